The number of hydrogen-bond donors (Lipinski definition) is 6. The Bertz CT molecular complexity index is 395. The summed E-state index contributed by atoms with van der Waals surface area (Å²) in [6.45, 7) is 0. The second-order valence-corrected chi connectivity index (χ2v) is 7.42. The van der Waals surface area contributed by atoms with Crippen LogP contribution >= 0.6 is 0 Å². The van der Waals surface area contributed by atoms with E-state index in [1.165, 1.54) is 0 Å². The highest BCUT2D eigenvalue weighted by Crippen LogP contribution is 2.39. The van der Waals surface area contributed by atoms with Crippen LogP contribution in [0.15, 0.2) is 0 Å². The molecule has 3 fully saturated rings. The maximum absolute atomic E-state index is 10.4. The number of aliphatic hydroxyl groups is 2. The van der Waals surface area contributed by atoms with Gasteiger partial charge in [0.15, 0.2) is 0 Å². The van der Waals surface area contributed by atoms with Crippen LogP contribution in [0.1, 0.15) is 32.1 Å². The predicted octanol–water partition coefficient (Wildman–Crippen LogP) is -2.01. The molecular weight excluding hydrogens is 284 g/mol. The van der Waals surface area contributed by atoms with Crippen molar-refractivity contribution in [3.05, 3.63) is 0 Å². The quantitative estimate of drug-likeness (QED) is 0.352. The highest BCUT2D eigenvalue weighted by Gasteiger charge is 2.49. The first-order valence-electron chi connectivity index (χ1n) is 8.44. The fourth-order valence-electron chi connectivity index (χ4n) is 4.12. The van der Waals surface area contributed by atoms with E-state index in [1.807, 2.05) is 0 Å². The van der Waals surface area contributed by atoms with Gasteiger partial charge in [-0.15, -0.1) is 0 Å². The molecule has 0 radical (unpaired) electrons. The number of aliphatic hydroxyl groups excluding tert-OH is 2. The maximum atomic E-state index is 10.4. The zero-order valence-corrected chi connectivity index (χ0v) is 12.9. The van der Waals surface area contributed by atoms with Crippen LogP contribution in [-0.2, 0) is 4.74 Å². The van der Waals surface area contributed by atoms with Crippen LogP contribution in [-0.4, -0.2) is 58.8 Å². The lowest BCUT2D eigenvalue weighted by Crippen LogP contribution is -2.65. The molecule has 7 heteroatoms. The minimum absolute atomic E-state index is 0.0270. The molecule has 0 aromatic heterocycles. The van der Waals surface area contributed by atoms with E-state index in [0.29, 0.717) is 12.3 Å². The average Bonchev–Trinajstić information content (AvgIpc) is 3.31. The third-order valence-electron chi connectivity index (χ3n) is 5.74. The van der Waals surface area contributed by atoms with Crippen LogP contribution in [0, 0.1) is 11.8 Å². The van der Waals surface area contributed by atoms with Crippen LogP contribution in [0.4, 0.5) is 0 Å². The average molecular weight is 314 g/mol. The summed E-state index contributed by atoms with van der Waals surface area (Å²) in [5.74, 6) is 0.142. The highest BCUT2D eigenvalue weighted by atomic mass is 16.5. The molecule has 3 aliphatic rings. The summed E-state index contributed by atoms with van der Waals surface area (Å²) >= 11 is 0. The van der Waals surface area contributed by atoms with Gasteiger partial charge in [0.25, 0.3) is 0 Å². The molecule has 2 aliphatic carbocycles. The Morgan fingerprint density at radius 2 is 1.55 bits per heavy atom. The van der Waals surface area contributed by atoms with Crippen LogP contribution in [0.3, 0.4) is 0 Å². The SMILES string of the molecule is N[C@@H]1CC[C@@H]([C@H](N)C2CC2)OC1[C@H]1[C@H](O)[C@@H](O)[C@H](N)C[C@@H]1N. The Balaban J connectivity index is 1.72. The number of ether oxygens (including phenoxy) is 1. The molecule has 10 N–H and O–H groups in total. The van der Waals surface area contributed by atoms with Gasteiger partial charge in [0, 0.05) is 30.1 Å². The topological polar surface area (TPSA) is 154 Å². The fraction of sp³-hybridized carbons (Fsp3) is 1.00. The van der Waals surface area contributed by atoms with Gasteiger partial charge in [-0.25, -0.2) is 0 Å². The molecule has 22 heavy (non-hydrogen) atoms. The molecule has 3 rings (SSSR count). The van der Waals surface area contributed by atoms with Crippen molar-refractivity contribution < 1.29 is 14.9 Å². The van der Waals surface area contributed by atoms with Gasteiger partial charge in [0.1, 0.15) is 0 Å². The third-order valence-corrected chi connectivity index (χ3v) is 5.74. The van der Waals surface area contributed by atoms with Gasteiger partial charge in [-0.05, 0) is 38.0 Å². The smallest absolute Gasteiger partial charge is 0.0954 e. The molecule has 1 heterocycles. The molecule has 128 valence electrons. The molecule has 0 amide bonds. The Labute approximate surface area is 131 Å². The summed E-state index contributed by atoms with van der Waals surface area (Å²) in [5.41, 5.74) is 24.5. The summed E-state index contributed by atoms with van der Waals surface area (Å²) in [6.07, 6.45) is 2.01. The normalized spacial score (nSPS) is 51.5. The van der Waals surface area contributed by atoms with Crippen molar-refractivity contribution in [3.8, 4) is 0 Å². The molecule has 0 aromatic carbocycles. The van der Waals surface area contributed by atoms with Gasteiger partial charge in [-0.1, -0.05) is 0 Å². The van der Waals surface area contributed by atoms with E-state index in [1.54, 1.807) is 0 Å². The maximum Gasteiger partial charge on any atom is 0.0954 e. The van der Waals surface area contributed by atoms with E-state index < -0.39 is 24.2 Å². The van der Waals surface area contributed by atoms with E-state index >= 15 is 0 Å². The first-order chi connectivity index (χ1) is 10.4. The summed E-state index contributed by atoms with van der Waals surface area (Å²) < 4.78 is 6.18. The number of nitrogens with two attached hydrogens (primary N) is 4. The highest BCUT2D eigenvalue weighted by molar-refractivity contribution is 5.04. The van der Waals surface area contributed by atoms with Crippen LogP contribution in [0.2, 0.25) is 0 Å². The lowest BCUT2D eigenvalue weighted by molar-refractivity contribution is -0.157. The molecular formula is C15H30N4O3. The Morgan fingerprint density at radius 3 is 2.18 bits per heavy atom. The molecule has 9 atom stereocenters. The lowest BCUT2D eigenvalue weighted by Gasteiger charge is -2.48. The molecule has 0 bridgehead atoms. The van der Waals surface area contributed by atoms with Crippen molar-refractivity contribution >= 4 is 0 Å². The van der Waals surface area contributed by atoms with Crippen LogP contribution < -0.4 is 22.9 Å². The molecule has 0 aromatic rings. The lowest BCUT2D eigenvalue weighted by atomic mass is 9.72. The van der Waals surface area contributed by atoms with Crippen molar-refractivity contribution in [2.24, 2.45) is 34.8 Å². The van der Waals surface area contributed by atoms with E-state index in [2.05, 4.69) is 0 Å². The van der Waals surface area contributed by atoms with Crippen molar-refractivity contribution in [2.45, 2.75) is 80.7 Å². The largest absolute Gasteiger partial charge is 0.390 e. The van der Waals surface area contributed by atoms with Crippen molar-refractivity contribution in [2.75, 3.05) is 0 Å². The predicted molar refractivity (Wildman–Crippen MR) is 82.6 cm³/mol. The third kappa shape index (κ3) is 3.03. The van der Waals surface area contributed by atoms with Crippen molar-refractivity contribution in [3.63, 3.8) is 0 Å². The molecule has 2 saturated carbocycles. The Kier molecular flexibility index (Phi) is 4.76. The fourth-order valence-corrected chi connectivity index (χ4v) is 4.12. The summed E-state index contributed by atoms with van der Waals surface area (Å²) in [7, 11) is 0. The minimum Gasteiger partial charge on any atom is -0.390 e. The van der Waals surface area contributed by atoms with Gasteiger partial charge in [0.2, 0.25) is 0 Å². The van der Waals surface area contributed by atoms with E-state index in [-0.39, 0.29) is 30.3 Å². The van der Waals surface area contributed by atoms with Gasteiger partial charge in [0.05, 0.1) is 24.4 Å². The summed E-state index contributed by atoms with van der Waals surface area (Å²) in [5, 5.41) is 20.5. The van der Waals surface area contributed by atoms with Crippen molar-refractivity contribution in [1.82, 2.24) is 0 Å². The van der Waals surface area contributed by atoms with Crippen LogP contribution in [0.5, 0.6) is 0 Å². The Morgan fingerprint density at radius 1 is 0.864 bits per heavy atom. The van der Waals surface area contributed by atoms with Crippen molar-refractivity contribution in [1.29, 1.82) is 0 Å². The minimum atomic E-state index is -1.01. The molecule has 1 unspecified atom stereocenters. The molecule has 7 nitrogen and oxygen atoms in total. The van der Waals surface area contributed by atoms with Gasteiger partial charge in [-0.3, -0.25) is 0 Å². The van der Waals surface area contributed by atoms with Gasteiger partial charge < -0.3 is 37.9 Å². The standard InChI is InChI=1S/C15H30N4O3/c16-7-3-4-10(12(19)6-1-2-6)22-15(7)11-8(17)5-9(18)13(20)14(11)21/h6-15,20-21H,1-5,16-19H2/t7-,8+,9-,10+,11-,12-,13+,14+,15?/m1/s1. The van der Waals surface area contributed by atoms with Gasteiger partial charge >= 0.3 is 0 Å². The van der Waals surface area contributed by atoms with E-state index in [9.17, 15) is 10.2 Å². The Hall–Kier alpha value is -0.280. The number of rotatable bonds is 3. The molecule has 1 aliphatic heterocycles. The second-order valence-electron chi connectivity index (χ2n) is 7.42. The van der Waals surface area contributed by atoms with Gasteiger partial charge in [-0.2, -0.15) is 0 Å². The summed E-state index contributed by atoms with van der Waals surface area (Å²) in [4.78, 5) is 0. The van der Waals surface area contributed by atoms with E-state index in [4.69, 9.17) is 27.7 Å². The summed E-state index contributed by atoms with van der Waals surface area (Å²) in [6, 6.07) is -1.01. The zero-order chi connectivity index (χ0) is 16.0. The first-order valence-corrected chi connectivity index (χ1v) is 8.44. The monoisotopic (exact) mass is 314 g/mol. The first kappa shape index (κ1) is 16.6. The number of hydrogen-bond acceptors (Lipinski definition) is 7. The molecule has 0 spiro atoms. The molecule has 1 saturated heterocycles. The van der Waals surface area contributed by atoms with Crippen LogP contribution in [0.25, 0.3) is 0 Å². The zero-order valence-electron chi connectivity index (χ0n) is 12.9. The van der Waals surface area contributed by atoms with E-state index in [0.717, 1.165) is 25.7 Å². The second kappa shape index (κ2) is 6.32.